The summed E-state index contributed by atoms with van der Waals surface area (Å²) in [5.41, 5.74) is 6.96. The van der Waals surface area contributed by atoms with Crippen LogP contribution in [0.5, 0.6) is 5.75 Å². The first-order chi connectivity index (χ1) is 21.9. The molecule has 0 spiro atoms. The molecule has 266 valence electrons. The topological polar surface area (TPSA) is 321 Å². The fourth-order valence-electron chi connectivity index (χ4n) is 5.26. The zero-order valence-corrected chi connectivity index (χ0v) is 25.5. The van der Waals surface area contributed by atoms with Gasteiger partial charge in [-0.2, -0.15) is 8.42 Å². The van der Waals surface area contributed by atoms with Crippen LogP contribution in [0.2, 0.25) is 0 Å². The van der Waals surface area contributed by atoms with E-state index in [9.17, 15) is 53.8 Å². The van der Waals surface area contributed by atoms with Crippen LogP contribution >= 0.6 is 0 Å². The van der Waals surface area contributed by atoms with Crippen LogP contribution < -0.4 is 10.5 Å². The summed E-state index contributed by atoms with van der Waals surface area (Å²) in [5, 5.41) is 72.8. The second-order valence-electron chi connectivity index (χ2n) is 11.3. The number of carbonyl (C=O) groups is 2. The van der Waals surface area contributed by atoms with E-state index in [0.29, 0.717) is 0 Å². The number of rotatable bonds is 11. The number of carboxylic acid groups (broad SMARTS) is 2. The first kappa shape index (κ1) is 37.2. The molecule has 1 aromatic rings. The van der Waals surface area contributed by atoms with Crippen LogP contribution in [0.4, 0.5) is 0 Å². The van der Waals surface area contributed by atoms with Crippen molar-refractivity contribution >= 4 is 22.3 Å². The molecule has 0 aliphatic carbocycles. The lowest BCUT2D eigenvalue weighted by Gasteiger charge is -2.48. The van der Waals surface area contributed by atoms with Crippen LogP contribution in [0.25, 0.3) is 0 Å². The largest absolute Gasteiger partial charge is 0.479 e. The van der Waals surface area contributed by atoms with Gasteiger partial charge in [0.25, 0.3) is 0 Å². The summed E-state index contributed by atoms with van der Waals surface area (Å²) in [7, 11) is -5.15. The average molecular weight is 700 g/mol. The number of benzene rings is 1. The summed E-state index contributed by atoms with van der Waals surface area (Å²) in [6.45, 7) is 1.96. The van der Waals surface area contributed by atoms with Crippen molar-refractivity contribution in [2.45, 2.75) is 99.8 Å². The fourth-order valence-corrected chi connectivity index (χ4v) is 5.57. The summed E-state index contributed by atoms with van der Waals surface area (Å²) in [5.74, 6) is -4.14. The van der Waals surface area contributed by atoms with Gasteiger partial charge < -0.3 is 69.9 Å². The first-order valence-electron chi connectivity index (χ1n) is 14.1. The van der Waals surface area contributed by atoms with Crippen LogP contribution in [-0.2, 0) is 47.9 Å². The quantitative estimate of drug-likeness (QED) is 0.0996. The molecule has 6 unspecified atom stereocenters. The number of ether oxygens (including phenoxy) is 6. The molecule has 1 aromatic carbocycles. The van der Waals surface area contributed by atoms with Gasteiger partial charge in [-0.05, 0) is 19.1 Å². The summed E-state index contributed by atoms with van der Waals surface area (Å²) < 4.78 is 69.0. The van der Waals surface area contributed by atoms with Gasteiger partial charge in [0, 0.05) is 5.92 Å². The van der Waals surface area contributed by atoms with Crippen LogP contribution in [-0.4, -0.2) is 153 Å². The molecule has 0 saturated carbocycles. The fraction of sp³-hybridized carbons (Fsp3) is 0.692. The third-order valence-corrected chi connectivity index (χ3v) is 8.35. The van der Waals surface area contributed by atoms with Crippen LogP contribution in [0, 0.1) is 12.8 Å². The molecule has 3 fully saturated rings. The zero-order valence-electron chi connectivity index (χ0n) is 24.7. The Hall–Kier alpha value is -2.61. The molecule has 0 amide bonds. The Morgan fingerprint density at radius 2 is 1.34 bits per heavy atom. The van der Waals surface area contributed by atoms with Gasteiger partial charge in [-0.15, -0.1) is 0 Å². The Morgan fingerprint density at radius 3 is 1.91 bits per heavy atom. The van der Waals surface area contributed by atoms with Crippen molar-refractivity contribution in [1.82, 2.24) is 0 Å². The number of hydrogen-bond acceptors (Lipinski definition) is 17. The Labute approximate surface area is 267 Å². The maximum atomic E-state index is 12.1. The number of carboxylic acids is 2. The standard InChI is InChI=1S/C26H37NO19S/c1-8-3-5-10(6-4-8)41-25-17(32)15(30)20(21(46-25)23(35)36)45-24-12(27)14(29)19(11(42-24)7-40-47(37,38)39)44-26-16(31)13(28)9(2)18(43-26)22(33)34/h3-6,9,11-21,24-26,28-32H,7,27H2,1-2H3,(H,33,34)(H,35,36)(H,37,38,39)/t9-,11?,12?,13+,14+,15+,16?,17?,18?,19+,20-,21?,24+,25+,26-/m0/s1. The number of aryl methyl sites for hydroxylation is 1. The monoisotopic (exact) mass is 699 g/mol. The number of aliphatic hydroxyl groups is 5. The van der Waals surface area contributed by atoms with E-state index >= 15 is 0 Å². The lowest BCUT2D eigenvalue weighted by Crippen LogP contribution is -2.68. The minimum atomic E-state index is -5.15. The molecule has 0 aromatic heterocycles. The highest BCUT2D eigenvalue weighted by molar-refractivity contribution is 7.80. The van der Waals surface area contributed by atoms with Crippen molar-refractivity contribution in [1.29, 1.82) is 0 Å². The van der Waals surface area contributed by atoms with Crippen molar-refractivity contribution < 1.29 is 90.9 Å². The van der Waals surface area contributed by atoms with Crippen molar-refractivity contribution in [3.05, 3.63) is 29.8 Å². The Balaban J connectivity index is 1.55. The van der Waals surface area contributed by atoms with E-state index in [0.717, 1.165) is 5.56 Å². The molecule has 10 N–H and O–H groups in total. The maximum Gasteiger partial charge on any atom is 0.397 e. The van der Waals surface area contributed by atoms with Gasteiger partial charge in [0.15, 0.2) is 24.8 Å². The number of hydrogen-bond donors (Lipinski definition) is 9. The highest BCUT2D eigenvalue weighted by atomic mass is 32.3. The van der Waals surface area contributed by atoms with Gasteiger partial charge in [-0.1, -0.05) is 24.6 Å². The number of aliphatic hydroxyl groups excluding tert-OH is 5. The van der Waals surface area contributed by atoms with Gasteiger partial charge >= 0.3 is 22.3 Å². The predicted octanol–water partition coefficient (Wildman–Crippen LogP) is -3.92. The molecule has 3 saturated heterocycles. The van der Waals surface area contributed by atoms with Crippen LogP contribution in [0.3, 0.4) is 0 Å². The van der Waals surface area contributed by atoms with Crippen molar-refractivity contribution in [2.75, 3.05) is 6.61 Å². The Bertz CT molecular complexity index is 1350. The summed E-state index contributed by atoms with van der Waals surface area (Å²) in [6, 6.07) is 4.65. The molecular weight excluding hydrogens is 662 g/mol. The van der Waals surface area contributed by atoms with E-state index < -0.39 is 121 Å². The molecule has 3 heterocycles. The van der Waals surface area contributed by atoms with Gasteiger partial charge in [-0.25, -0.2) is 13.8 Å². The molecule has 20 nitrogen and oxygen atoms in total. The minimum absolute atomic E-state index is 0.174. The Morgan fingerprint density at radius 1 is 0.787 bits per heavy atom. The highest BCUT2D eigenvalue weighted by Crippen LogP contribution is 2.34. The smallest absolute Gasteiger partial charge is 0.397 e. The lowest BCUT2D eigenvalue weighted by molar-refractivity contribution is -0.354. The third-order valence-electron chi connectivity index (χ3n) is 7.91. The van der Waals surface area contributed by atoms with E-state index in [1.165, 1.54) is 19.1 Å². The molecule has 4 rings (SSSR count). The SMILES string of the molecule is Cc1ccc(O[C@@H]2OC(C(=O)O)[C@@H](O[C@H]3OC(COS(=O)(=O)O)[C@@H](O[C@@H]4OC(C(=O)O)[C@@H](C)[C@@H](O)C4O)[C@H](O)C3N)[C@H](O)C2O)cc1. The molecule has 0 radical (unpaired) electrons. The second kappa shape index (κ2) is 14.9. The van der Waals surface area contributed by atoms with Crippen molar-refractivity contribution in [3.63, 3.8) is 0 Å². The minimum Gasteiger partial charge on any atom is -0.479 e. The second-order valence-corrected chi connectivity index (χ2v) is 12.4. The summed E-state index contributed by atoms with van der Waals surface area (Å²) in [4.78, 5) is 23.8. The molecule has 47 heavy (non-hydrogen) atoms. The van der Waals surface area contributed by atoms with Crippen LogP contribution in [0.15, 0.2) is 24.3 Å². The molecular formula is C26H37NO19S. The first-order valence-corrected chi connectivity index (χ1v) is 15.5. The van der Waals surface area contributed by atoms with Crippen molar-refractivity contribution in [3.8, 4) is 5.75 Å². The van der Waals surface area contributed by atoms with Crippen molar-refractivity contribution in [2.24, 2.45) is 11.7 Å². The molecule has 3 aliphatic heterocycles. The maximum absolute atomic E-state index is 12.1. The van der Waals surface area contributed by atoms with Gasteiger partial charge in [0.2, 0.25) is 6.29 Å². The van der Waals surface area contributed by atoms with E-state index in [1.807, 2.05) is 0 Å². The lowest BCUT2D eigenvalue weighted by atomic mass is 9.90. The predicted molar refractivity (Wildman–Crippen MR) is 147 cm³/mol. The summed E-state index contributed by atoms with van der Waals surface area (Å²) >= 11 is 0. The molecule has 21 heteroatoms. The average Bonchev–Trinajstić information content (AvgIpc) is 2.99. The Kier molecular flexibility index (Phi) is 11.8. The number of aliphatic carboxylic acids is 2. The summed E-state index contributed by atoms with van der Waals surface area (Å²) in [6.07, 6.45) is -24.4. The van der Waals surface area contributed by atoms with E-state index in [-0.39, 0.29) is 5.75 Å². The van der Waals surface area contributed by atoms with Crippen LogP contribution in [0.1, 0.15) is 12.5 Å². The van der Waals surface area contributed by atoms with E-state index in [1.54, 1.807) is 19.1 Å². The normalized spacial score (nSPS) is 41.3. The third kappa shape index (κ3) is 8.52. The molecule has 0 bridgehead atoms. The molecule has 3 aliphatic rings. The van der Waals surface area contributed by atoms with Gasteiger partial charge in [-0.3, -0.25) is 4.55 Å². The number of nitrogens with two attached hydrogens (primary N) is 1. The highest BCUT2D eigenvalue weighted by Gasteiger charge is 2.55. The van der Waals surface area contributed by atoms with E-state index in [4.69, 9.17) is 38.7 Å². The van der Waals surface area contributed by atoms with E-state index in [2.05, 4.69) is 4.18 Å². The van der Waals surface area contributed by atoms with Gasteiger partial charge in [0.05, 0.1) is 18.8 Å². The molecule has 15 atom stereocenters. The zero-order chi connectivity index (χ0) is 35.0. The van der Waals surface area contributed by atoms with Gasteiger partial charge in [0.1, 0.15) is 48.5 Å².